The zero-order valence-corrected chi connectivity index (χ0v) is 11.5. The third-order valence-electron chi connectivity index (χ3n) is 3.12. The molecule has 0 saturated carbocycles. The highest BCUT2D eigenvalue weighted by atomic mass is 19.1. The molecule has 0 bridgehead atoms. The molecule has 0 spiro atoms. The smallest absolute Gasteiger partial charge is 0.259 e. The maximum Gasteiger partial charge on any atom is 0.259 e. The van der Waals surface area contributed by atoms with Gasteiger partial charge in [0.1, 0.15) is 17.5 Å². The van der Waals surface area contributed by atoms with E-state index in [0.29, 0.717) is 11.9 Å². The first-order valence-corrected chi connectivity index (χ1v) is 6.23. The van der Waals surface area contributed by atoms with Gasteiger partial charge in [0, 0.05) is 18.7 Å². The SMILES string of the molecule is CCc1nn(C)c(NC(=O)c2ccc(F)cc2F)c1C. The normalized spacial score (nSPS) is 10.7. The van der Waals surface area contributed by atoms with Crippen LogP contribution in [0.15, 0.2) is 18.2 Å². The van der Waals surface area contributed by atoms with Crippen molar-refractivity contribution in [3.63, 3.8) is 0 Å². The number of carbonyl (C=O) groups is 1. The zero-order valence-electron chi connectivity index (χ0n) is 11.5. The summed E-state index contributed by atoms with van der Waals surface area (Å²) in [6.07, 6.45) is 0.737. The van der Waals surface area contributed by atoms with E-state index in [1.807, 2.05) is 13.8 Å². The van der Waals surface area contributed by atoms with Crippen molar-refractivity contribution in [1.29, 1.82) is 0 Å². The summed E-state index contributed by atoms with van der Waals surface area (Å²) in [4.78, 5) is 12.0. The van der Waals surface area contributed by atoms with E-state index < -0.39 is 17.5 Å². The van der Waals surface area contributed by atoms with Gasteiger partial charge >= 0.3 is 0 Å². The van der Waals surface area contributed by atoms with E-state index >= 15 is 0 Å². The van der Waals surface area contributed by atoms with E-state index in [0.717, 1.165) is 29.8 Å². The highest BCUT2D eigenvalue weighted by Gasteiger charge is 2.17. The summed E-state index contributed by atoms with van der Waals surface area (Å²) in [7, 11) is 1.70. The molecule has 2 aromatic rings. The van der Waals surface area contributed by atoms with Gasteiger partial charge < -0.3 is 5.32 Å². The second-order valence-electron chi connectivity index (χ2n) is 4.48. The highest BCUT2D eigenvalue weighted by molar-refractivity contribution is 6.04. The summed E-state index contributed by atoms with van der Waals surface area (Å²) in [6, 6.07) is 2.85. The predicted octanol–water partition coefficient (Wildman–Crippen LogP) is 2.82. The Hall–Kier alpha value is -2.24. The van der Waals surface area contributed by atoms with Crippen LogP contribution < -0.4 is 5.32 Å². The van der Waals surface area contributed by atoms with Gasteiger partial charge in [0.15, 0.2) is 0 Å². The highest BCUT2D eigenvalue weighted by Crippen LogP contribution is 2.20. The molecule has 1 amide bonds. The molecule has 1 aromatic heterocycles. The molecule has 20 heavy (non-hydrogen) atoms. The number of rotatable bonds is 3. The van der Waals surface area contributed by atoms with Crippen LogP contribution in [0.5, 0.6) is 0 Å². The molecular formula is C14H15F2N3O. The monoisotopic (exact) mass is 279 g/mol. The molecule has 0 unspecified atom stereocenters. The standard InChI is InChI=1S/C14H15F2N3O/c1-4-12-8(2)13(19(3)18-12)17-14(20)10-6-5-9(15)7-11(10)16/h5-7H,4H2,1-3H3,(H,17,20). The molecule has 0 atom stereocenters. The van der Waals surface area contributed by atoms with Crippen LogP contribution in [0.25, 0.3) is 0 Å². The van der Waals surface area contributed by atoms with E-state index in [1.54, 1.807) is 7.05 Å². The third-order valence-corrected chi connectivity index (χ3v) is 3.12. The van der Waals surface area contributed by atoms with E-state index in [-0.39, 0.29) is 5.56 Å². The lowest BCUT2D eigenvalue weighted by molar-refractivity contribution is 0.102. The van der Waals surface area contributed by atoms with Crippen LogP contribution >= 0.6 is 0 Å². The van der Waals surface area contributed by atoms with Gasteiger partial charge in [-0.1, -0.05) is 6.92 Å². The molecule has 1 aromatic carbocycles. The summed E-state index contributed by atoms with van der Waals surface area (Å²) in [6.45, 7) is 3.79. The number of anilines is 1. The second-order valence-corrected chi connectivity index (χ2v) is 4.48. The lowest BCUT2D eigenvalue weighted by atomic mass is 10.2. The molecule has 0 radical (unpaired) electrons. The molecule has 0 saturated heterocycles. The Kier molecular flexibility index (Phi) is 3.83. The molecule has 4 nitrogen and oxygen atoms in total. The Morgan fingerprint density at radius 3 is 2.65 bits per heavy atom. The topological polar surface area (TPSA) is 46.9 Å². The van der Waals surface area contributed by atoms with Crippen molar-refractivity contribution in [2.75, 3.05) is 5.32 Å². The average molecular weight is 279 g/mol. The van der Waals surface area contributed by atoms with Crippen molar-refractivity contribution in [3.05, 3.63) is 46.7 Å². The number of halogens is 2. The molecule has 6 heteroatoms. The van der Waals surface area contributed by atoms with Crippen LogP contribution in [0.1, 0.15) is 28.5 Å². The quantitative estimate of drug-likeness (QED) is 0.939. The number of carbonyl (C=O) groups excluding carboxylic acids is 1. The van der Waals surface area contributed by atoms with Crippen LogP contribution in [-0.4, -0.2) is 15.7 Å². The van der Waals surface area contributed by atoms with Gasteiger partial charge in [-0.25, -0.2) is 8.78 Å². The minimum atomic E-state index is -0.891. The van der Waals surface area contributed by atoms with Crippen LogP contribution in [0.4, 0.5) is 14.6 Å². The number of hydrogen-bond donors (Lipinski definition) is 1. The Morgan fingerprint density at radius 2 is 2.10 bits per heavy atom. The maximum atomic E-state index is 13.6. The molecule has 0 fully saturated rings. The Labute approximate surface area is 115 Å². The minimum absolute atomic E-state index is 0.204. The summed E-state index contributed by atoms with van der Waals surface area (Å²) < 4.78 is 27.9. The van der Waals surface area contributed by atoms with Gasteiger partial charge in [-0.05, 0) is 25.5 Å². The van der Waals surface area contributed by atoms with Gasteiger partial charge in [0.2, 0.25) is 0 Å². The first-order valence-electron chi connectivity index (χ1n) is 6.23. The Balaban J connectivity index is 2.30. The van der Waals surface area contributed by atoms with Crippen molar-refractivity contribution < 1.29 is 13.6 Å². The molecule has 0 aliphatic heterocycles. The van der Waals surface area contributed by atoms with Gasteiger partial charge in [0.05, 0.1) is 11.3 Å². The molecular weight excluding hydrogens is 264 g/mol. The molecule has 0 aliphatic rings. The number of nitrogens with one attached hydrogen (secondary N) is 1. The van der Waals surface area contributed by atoms with Crippen LogP contribution in [0.2, 0.25) is 0 Å². The fourth-order valence-electron chi connectivity index (χ4n) is 2.04. The zero-order chi connectivity index (χ0) is 14.9. The minimum Gasteiger partial charge on any atom is -0.306 e. The van der Waals surface area contributed by atoms with Crippen molar-refractivity contribution in [2.24, 2.45) is 7.05 Å². The first kappa shape index (κ1) is 14.2. The first-order chi connectivity index (χ1) is 9.43. The summed E-state index contributed by atoms with van der Waals surface area (Å²) in [5.41, 5.74) is 1.50. The predicted molar refractivity (Wildman–Crippen MR) is 71.6 cm³/mol. The van der Waals surface area contributed by atoms with Crippen molar-refractivity contribution in [1.82, 2.24) is 9.78 Å². The molecule has 106 valence electrons. The van der Waals surface area contributed by atoms with Crippen LogP contribution in [0.3, 0.4) is 0 Å². The summed E-state index contributed by atoms with van der Waals surface area (Å²) in [5, 5.41) is 6.87. The fourth-order valence-corrected chi connectivity index (χ4v) is 2.04. The van der Waals surface area contributed by atoms with Gasteiger partial charge in [0.25, 0.3) is 5.91 Å². The number of hydrogen-bond acceptors (Lipinski definition) is 2. The second kappa shape index (κ2) is 5.40. The van der Waals surface area contributed by atoms with Crippen LogP contribution in [-0.2, 0) is 13.5 Å². The summed E-state index contributed by atoms with van der Waals surface area (Å²) >= 11 is 0. The lowest BCUT2D eigenvalue weighted by Gasteiger charge is -2.07. The molecule has 2 rings (SSSR count). The fraction of sp³-hybridized carbons (Fsp3) is 0.286. The van der Waals surface area contributed by atoms with E-state index in [2.05, 4.69) is 10.4 Å². The maximum absolute atomic E-state index is 13.6. The Morgan fingerprint density at radius 1 is 1.40 bits per heavy atom. The third kappa shape index (κ3) is 2.54. The van der Waals surface area contributed by atoms with E-state index in [9.17, 15) is 13.6 Å². The molecule has 1 heterocycles. The van der Waals surface area contributed by atoms with E-state index in [1.165, 1.54) is 4.68 Å². The number of benzene rings is 1. The van der Waals surface area contributed by atoms with Crippen LogP contribution in [0, 0.1) is 18.6 Å². The number of nitrogens with zero attached hydrogens (tertiary/aromatic N) is 2. The number of amides is 1. The molecule has 1 N–H and O–H groups in total. The Bertz CT molecular complexity index is 665. The summed E-state index contributed by atoms with van der Waals surface area (Å²) in [5.74, 6) is -1.73. The van der Waals surface area contributed by atoms with Gasteiger partial charge in [-0.2, -0.15) is 5.10 Å². The van der Waals surface area contributed by atoms with Gasteiger partial charge in [-0.3, -0.25) is 9.48 Å². The largest absolute Gasteiger partial charge is 0.306 e. The van der Waals surface area contributed by atoms with Crippen molar-refractivity contribution in [3.8, 4) is 0 Å². The lowest BCUT2D eigenvalue weighted by Crippen LogP contribution is -2.16. The van der Waals surface area contributed by atoms with E-state index in [4.69, 9.17) is 0 Å². The van der Waals surface area contributed by atoms with Crippen molar-refractivity contribution in [2.45, 2.75) is 20.3 Å². The van der Waals surface area contributed by atoms with Gasteiger partial charge in [-0.15, -0.1) is 0 Å². The number of aromatic nitrogens is 2. The van der Waals surface area contributed by atoms with Crippen molar-refractivity contribution >= 4 is 11.7 Å². The average Bonchev–Trinajstić information content (AvgIpc) is 2.66. The number of aryl methyl sites for hydroxylation is 2. The molecule has 0 aliphatic carbocycles.